The lowest BCUT2D eigenvalue weighted by molar-refractivity contribution is 0.548. The van der Waals surface area contributed by atoms with Crippen molar-refractivity contribution in [2.24, 2.45) is 5.84 Å². The van der Waals surface area contributed by atoms with Crippen molar-refractivity contribution in [2.75, 3.05) is 5.75 Å². The van der Waals surface area contributed by atoms with Gasteiger partial charge in [0, 0.05) is 16.2 Å². The molecule has 3 nitrogen and oxygen atoms in total. The van der Waals surface area contributed by atoms with Gasteiger partial charge in [0.1, 0.15) is 0 Å². The quantitative estimate of drug-likeness (QED) is 0.485. The summed E-state index contributed by atoms with van der Waals surface area (Å²) in [5.74, 6) is 6.44. The van der Waals surface area contributed by atoms with Gasteiger partial charge in [0.05, 0.1) is 18.6 Å². The molecular formula is C13H16N2OS. The van der Waals surface area contributed by atoms with Gasteiger partial charge in [0.25, 0.3) is 0 Å². The number of thioether (sulfide) groups is 1. The Kier molecular flexibility index (Phi) is 4.25. The molecule has 0 spiro atoms. The number of hydrazine groups is 1. The summed E-state index contributed by atoms with van der Waals surface area (Å²) in [6.07, 6.45) is 3.39. The first-order valence-corrected chi connectivity index (χ1v) is 6.46. The third kappa shape index (κ3) is 3.12. The molecule has 17 heavy (non-hydrogen) atoms. The maximum Gasteiger partial charge on any atom is 0.0951 e. The molecule has 1 unspecified atom stereocenters. The smallest absolute Gasteiger partial charge is 0.0951 e. The standard InChI is InChI=1S/C13H16N2OS/c1-10-4-2-3-5-13(10)17-9-12(15-14)11-6-7-16-8-11/h2-8,12,15H,9,14H2,1H3. The van der Waals surface area contributed by atoms with Crippen LogP contribution in [0.3, 0.4) is 0 Å². The molecule has 1 aromatic heterocycles. The van der Waals surface area contributed by atoms with Crippen LogP contribution in [0.2, 0.25) is 0 Å². The molecule has 1 heterocycles. The van der Waals surface area contributed by atoms with Crippen molar-refractivity contribution in [3.8, 4) is 0 Å². The Bertz CT molecular complexity index is 456. The highest BCUT2D eigenvalue weighted by Crippen LogP contribution is 2.26. The van der Waals surface area contributed by atoms with E-state index in [2.05, 4.69) is 30.5 Å². The van der Waals surface area contributed by atoms with Crippen LogP contribution in [0.25, 0.3) is 0 Å². The Morgan fingerprint density at radius 3 is 2.82 bits per heavy atom. The van der Waals surface area contributed by atoms with Crippen LogP contribution in [0.5, 0.6) is 0 Å². The number of hydrogen-bond acceptors (Lipinski definition) is 4. The summed E-state index contributed by atoms with van der Waals surface area (Å²) < 4.78 is 5.07. The van der Waals surface area contributed by atoms with Crippen molar-refractivity contribution >= 4 is 11.8 Å². The van der Waals surface area contributed by atoms with E-state index in [0.717, 1.165) is 11.3 Å². The molecule has 4 heteroatoms. The molecule has 3 N–H and O–H groups in total. The lowest BCUT2D eigenvalue weighted by Gasteiger charge is -2.14. The number of aryl methyl sites for hydroxylation is 1. The van der Waals surface area contributed by atoms with E-state index in [0.29, 0.717) is 0 Å². The second-order valence-corrected chi connectivity index (χ2v) is 4.91. The lowest BCUT2D eigenvalue weighted by Crippen LogP contribution is -2.29. The molecular weight excluding hydrogens is 232 g/mol. The minimum Gasteiger partial charge on any atom is -0.472 e. The molecule has 0 bridgehead atoms. The molecule has 0 saturated heterocycles. The average molecular weight is 248 g/mol. The van der Waals surface area contributed by atoms with Crippen LogP contribution in [-0.4, -0.2) is 5.75 Å². The Balaban J connectivity index is 2.00. The minimum absolute atomic E-state index is 0.110. The van der Waals surface area contributed by atoms with Crippen molar-refractivity contribution in [3.05, 3.63) is 54.0 Å². The van der Waals surface area contributed by atoms with E-state index in [1.165, 1.54) is 10.5 Å². The SMILES string of the molecule is Cc1ccccc1SCC(NN)c1ccoc1. The zero-order chi connectivity index (χ0) is 12.1. The van der Waals surface area contributed by atoms with Crippen LogP contribution < -0.4 is 11.3 Å². The number of furan rings is 1. The van der Waals surface area contributed by atoms with Gasteiger partial charge in [0.2, 0.25) is 0 Å². The second-order valence-electron chi connectivity index (χ2n) is 3.85. The second kappa shape index (κ2) is 5.91. The van der Waals surface area contributed by atoms with Crippen molar-refractivity contribution < 1.29 is 4.42 Å². The fraction of sp³-hybridized carbons (Fsp3) is 0.231. The summed E-state index contributed by atoms with van der Waals surface area (Å²) in [6.45, 7) is 2.12. The van der Waals surface area contributed by atoms with E-state index in [1.807, 2.05) is 12.1 Å². The summed E-state index contributed by atoms with van der Waals surface area (Å²) in [7, 11) is 0. The normalized spacial score (nSPS) is 12.6. The Labute approximate surface area is 105 Å². The van der Waals surface area contributed by atoms with Crippen LogP contribution >= 0.6 is 11.8 Å². The molecule has 0 fully saturated rings. The van der Waals surface area contributed by atoms with Gasteiger partial charge < -0.3 is 4.42 Å². The van der Waals surface area contributed by atoms with Crippen molar-refractivity contribution in [1.82, 2.24) is 5.43 Å². The highest BCUT2D eigenvalue weighted by molar-refractivity contribution is 7.99. The molecule has 2 aromatic rings. The van der Waals surface area contributed by atoms with E-state index in [9.17, 15) is 0 Å². The molecule has 0 saturated carbocycles. The third-order valence-electron chi connectivity index (χ3n) is 2.65. The van der Waals surface area contributed by atoms with Crippen LogP contribution in [0.15, 0.2) is 52.2 Å². The fourth-order valence-corrected chi connectivity index (χ4v) is 2.71. The summed E-state index contributed by atoms with van der Waals surface area (Å²) >= 11 is 1.79. The molecule has 0 aliphatic rings. The van der Waals surface area contributed by atoms with Crippen LogP contribution in [0.4, 0.5) is 0 Å². The van der Waals surface area contributed by atoms with E-state index >= 15 is 0 Å². The van der Waals surface area contributed by atoms with Crippen LogP contribution in [0, 0.1) is 6.92 Å². The van der Waals surface area contributed by atoms with Crippen LogP contribution in [0.1, 0.15) is 17.2 Å². The van der Waals surface area contributed by atoms with Gasteiger partial charge in [-0.2, -0.15) is 0 Å². The van der Waals surface area contributed by atoms with E-state index in [4.69, 9.17) is 10.3 Å². The van der Waals surface area contributed by atoms with Gasteiger partial charge in [-0.15, -0.1) is 11.8 Å². The number of rotatable bonds is 5. The molecule has 0 aliphatic heterocycles. The van der Waals surface area contributed by atoms with Gasteiger partial charge in [-0.1, -0.05) is 18.2 Å². The van der Waals surface area contributed by atoms with Crippen molar-refractivity contribution in [2.45, 2.75) is 17.9 Å². The van der Waals surface area contributed by atoms with Gasteiger partial charge in [-0.3, -0.25) is 11.3 Å². The predicted molar refractivity (Wildman–Crippen MR) is 70.7 cm³/mol. The van der Waals surface area contributed by atoms with E-state index in [-0.39, 0.29) is 6.04 Å². The maximum atomic E-state index is 5.56. The summed E-state index contributed by atoms with van der Waals surface area (Å²) in [5, 5.41) is 0. The average Bonchev–Trinajstić information content (AvgIpc) is 2.86. The fourth-order valence-electron chi connectivity index (χ4n) is 1.61. The molecule has 2 rings (SSSR count). The lowest BCUT2D eigenvalue weighted by atomic mass is 10.2. The van der Waals surface area contributed by atoms with E-state index < -0.39 is 0 Å². The number of benzene rings is 1. The number of nitrogens with two attached hydrogens (primary N) is 1. The first kappa shape index (κ1) is 12.2. The summed E-state index contributed by atoms with van der Waals surface area (Å²) in [6, 6.07) is 10.4. The number of nitrogens with one attached hydrogen (secondary N) is 1. The van der Waals surface area contributed by atoms with Crippen LogP contribution in [-0.2, 0) is 0 Å². The van der Waals surface area contributed by atoms with Crippen molar-refractivity contribution in [3.63, 3.8) is 0 Å². The maximum absolute atomic E-state index is 5.56. The minimum atomic E-state index is 0.110. The third-order valence-corrected chi connectivity index (χ3v) is 3.91. The first-order valence-electron chi connectivity index (χ1n) is 5.48. The molecule has 0 aliphatic carbocycles. The topological polar surface area (TPSA) is 51.2 Å². The Morgan fingerprint density at radius 2 is 2.18 bits per heavy atom. The van der Waals surface area contributed by atoms with E-state index in [1.54, 1.807) is 24.3 Å². The molecule has 0 amide bonds. The van der Waals surface area contributed by atoms with Gasteiger partial charge in [0.15, 0.2) is 0 Å². The molecule has 1 aromatic carbocycles. The Hall–Kier alpha value is -1.23. The summed E-state index contributed by atoms with van der Waals surface area (Å²) in [4.78, 5) is 1.29. The predicted octanol–water partition coefficient (Wildman–Crippen LogP) is 2.88. The zero-order valence-electron chi connectivity index (χ0n) is 9.72. The zero-order valence-corrected chi connectivity index (χ0v) is 10.5. The molecule has 90 valence electrons. The monoisotopic (exact) mass is 248 g/mol. The first-order chi connectivity index (χ1) is 8.31. The van der Waals surface area contributed by atoms with Gasteiger partial charge in [-0.05, 0) is 24.6 Å². The number of hydrogen-bond donors (Lipinski definition) is 2. The highest BCUT2D eigenvalue weighted by atomic mass is 32.2. The van der Waals surface area contributed by atoms with Gasteiger partial charge in [-0.25, -0.2) is 0 Å². The van der Waals surface area contributed by atoms with Gasteiger partial charge >= 0.3 is 0 Å². The van der Waals surface area contributed by atoms with Crippen molar-refractivity contribution in [1.29, 1.82) is 0 Å². The largest absolute Gasteiger partial charge is 0.472 e. The summed E-state index contributed by atoms with van der Waals surface area (Å²) in [5.41, 5.74) is 5.18. The highest BCUT2D eigenvalue weighted by Gasteiger charge is 2.11. The molecule has 1 atom stereocenters. The Morgan fingerprint density at radius 1 is 1.35 bits per heavy atom. The molecule has 0 radical (unpaired) electrons.